The first-order valence-electron chi connectivity index (χ1n) is 4.99. The first-order chi connectivity index (χ1) is 7.22. The van der Waals surface area contributed by atoms with Crippen LogP contribution in [0.5, 0.6) is 11.5 Å². The van der Waals surface area contributed by atoms with Gasteiger partial charge in [-0.3, -0.25) is 0 Å². The molecule has 1 saturated heterocycles. The highest BCUT2D eigenvalue weighted by atomic mass is 19.1. The fraction of sp³-hybridized carbons (Fsp3) is 0.455. The van der Waals surface area contributed by atoms with Gasteiger partial charge in [0.25, 0.3) is 0 Å². The van der Waals surface area contributed by atoms with Gasteiger partial charge in [0.1, 0.15) is 5.75 Å². The third kappa shape index (κ3) is 1.90. The predicted molar refractivity (Wildman–Crippen MR) is 54.8 cm³/mol. The predicted octanol–water partition coefficient (Wildman–Crippen LogP) is 1.62. The maximum absolute atomic E-state index is 13.4. The number of hydrogen-bond acceptors (Lipinski definition) is 3. The topological polar surface area (TPSA) is 41.5 Å². The molecule has 0 saturated carbocycles. The van der Waals surface area contributed by atoms with E-state index in [4.69, 9.17) is 4.74 Å². The fourth-order valence-corrected chi connectivity index (χ4v) is 1.96. The lowest BCUT2D eigenvalue weighted by Gasteiger charge is -2.12. The molecule has 1 fully saturated rings. The van der Waals surface area contributed by atoms with E-state index >= 15 is 0 Å². The van der Waals surface area contributed by atoms with Gasteiger partial charge in [-0.2, -0.15) is 0 Å². The summed E-state index contributed by atoms with van der Waals surface area (Å²) in [6.45, 7) is 1.71. The molecule has 1 aromatic rings. The monoisotopic (exact) mass is 211 g/mol. The second kappa shape index (κ2) is 4.06. The van der Waals surface area contributed by atoms with E-state index in [1.807, 2.05) is 0 Å². The van der Waals surface area contributed by atoms with Crippen LogP contribution in [0.15, 0.2) is 12.1 Å². The van der Waals surface area contributed by atoms with Gasteiger partial charge in [0.2, 0.25) is 0 Å². The highest BCUT2D eigenvalue weighted by Gasteiger charge is 2.21. The maximum atomic E-state index is 13.4. The summed E-state index contributed by atoms with van der Waals surface area (Å²) in [5.41, 5.74) is 0.665. The molecule has 15 heavy (non-hydrogen) atoms. The molecule has 1 aliphatic rings. The van der Waals surface area contributed by atoms with Gasteiger partial charge in [0.15, 0.2) is 11.6 Å². The molecule has 0 spiro atoms. The normalized spacial score (nSPS) is 20.5. The van der Waals surface area contributed by atoms with E-state index in [-0.39, 0.29) is 17.4 Å². The van der Waals surface area contributed by atoms with Crippen molar-refractivity contribution in [3.8, 4) is 11.5 Å². The van der Waals surface area contributed by atoms with Crippen LogP contribution in [-0.2, 0) is 0 Å². The Morgan fingerprint density at radius 2 is 2.33 bits per heavy atom. The van der Waals surface area contributed by atoms with Crippen molar-refractivity contribution in [2.45, 2.75) is 12.3 Å². The summed E-state index contributed by atoms with van der Waals surface area (Å²) in [5.74, 6) is -0.0215. The molecule has 4 heteroatoms. The standard InChI is InChI=1S/C11H14FNO2/c1-15-11-5-10(14)8(4-9(11)12)7-2-3-13-6-7/h4-5,7,13-14H,2-3,6H2,1H3. The molecule has 0 amide bonds. The SMILES string of the molecule is COc1cc(O)c(C2CCNC2)cc1F. The molecular weight excluding hydrogens is 197 g/mol. The summed E-state index contributed by atoms with van der Waals surface area (Å²) < 4.78 is 18.2. The molecule has 1 unspecified atom stereocenters. The van der Waals surface area contributed by atoms with Crippen LogP contribution in [-0.4, -0.2) is 25.3 Å². The number of phenols is 1. The third-order valence-corrected chi connectivity index (χ3v) is 2.80. The van der Waals surface area contributed by atoms with Crippen molar-refractivity contribution in [2.24, 2.45) is 0 Å². The Bertz CT molecular complexity index is 362. The Balaban J connectivity index is 2.35. The van der Waals surface area contributed by atoms with Crippen LogP contribution in [0.2, 0.25) is 0 Å². The van der Waals surface area contributed by atoms with Crippen LogP contribution in [0.4, 0.5) is 4.39 Å². The van der Waals surface area contributed by atoms with E-state index < -0.39 is 5.82 Å². The molecule has 82 valence electrons. The second-order valence-corrected chi connectivity index (χ2v) is 3.74. The summed E-state index contributed by atoms with van der Waals surface area (Å²) in [7, 11) is 1.38. The summed E-state index contributed by atoms with van der Waals surface area (Å²) >= 11 is 0. The smallest absolute Gasteiger partial charge is 0.165 e. The minimum absolute atomic E-state index is 0.0854. The molecule has 2 rings (SSSR count). The number of phenolic OH excluding ortho intramolecular Hbond substituents is 1. The lowest BCUT2D eigenvalue weighted by Crippen LogP contribution is -2.08. The van der Waals surface area contributed by atoms with Crippen molar-refractivity contribution in [2.75, 3.05) is 20.2 Å². The van der Waals surface area contributed by atoms with E-state index in [0.717, 1.165) is 19.5 Å². The molecule has 1 aliphatic heterocycles. The molecule has 2 N–H and O–H groups in total. The van der Waals surface area contributed by atoms with E-state index in [1.165, 1.54) is 19.2 Å². The highest BCUT2D eigenvalue weighted by molar-refractivity contribution is 5.43. The van der Waals surface area contributed by atoms with Crippen LogP contribution in [0.3, 0.4) is 0 Å². The molecular formula is C11H14FNO2. The zero-order valence-corrected chi connectivity index (χ0v) is 8.59. The number of hydrogen-bond donors (Lipinski definition) is 2. The second-order valence-electron chi connectivity index (χ2n) is 3.74. The van der Waals surface area contributed by atoms with Crippen LogP contribution in [0.1, 0.15) is 17.9 Å². The Labute approximate surface area is 87.9 Å². The number of ether oxygens (including phenoxy) is 1. The Hall–Kier alpha value is -1.29. The van der Waals surface area contributed by atoms with Gasteiger partial charge < -0.3 is 15.2 Å². The molecule has 0 aromatic heterocycles. The van der Waals surface area contributed by atoms with Crippen molar-refractivity contribution < 1.29 is 14.2 Å². The average Bonchev–Trinajstić information content (AvgIpc) is 2.74. The van der Waals surface area contributed by atoms with Crippen molar-refractivity contribution in [3.05, 3.63) is 23.5 Å². The molecule has 1 atom stereocenters. The molecule has 0 aliphatic carbocycles. The molecule has 0 bridgehead atoms. The lowest BCUT2D eigenvalue weighted by atomic mass is 9.97. The van der Waals surface area contributed by atoms with Gasteiger partial charge in [-0.15, -0.1) is 0 Å². The number of nitrogens with one attached hydrogen (secondary N) is 1. The molecule has 1 heterocycles. The highest BCUT2D eigenvalue weighted by Crippen LogP contribution is 2.34. The quantitative estimate of drug-likeness (QED) is 0.781. The third-order valence-electron chi connectivity index (χ3n) is 2.80. The number of methoxy groups -OCH3 is 1. The summed E-state index contributed by atoms with van der Waals surface area (Å²) in [6.07, 6.45) is 0.930. The van der Waals surface area contributed by atoms with E-state index in [0.29, 0.717) is 5.56 Å². The number of benzene rings is 1. The lowest BCUT2D eigenvalue weighted by molar-refractivity contribution is 0.378. The molecule has 0 radical (unpaired) electrons. The summed E-state index contributed by atoms with van der Waals surface area (Å²) in [4.78, 5) is 0. The van der Waals surface area contributed by atoms with Gasteiger partial charge >= 0.3 is 0 Å². The van der Waals surface area contributed by atoms with Crippen molar-refractivity contribution in [3.63, 3.8) is 0 Å². The maximum Gasteiger partial charge on any atom is 0.165 e. The Kier molecular flexibility index (Phi) is 2.77. The molecule has 3 nitrogen and oxygen atoms in total. The summed E-state index contributed by atoms with van der Waals surface area (Å²) in [6, 6.07) is 2.70. The summed E-state index contributed by atoms with van der Waals surface area (Å²) in [5, 5.41) is 12.9. The number of aromatic hydroxyl groups is 1. The van der Waals surface area contributed by atoms with Gasteiger partial charge in [0, 0.05) is 24.1 Å². The average molecular weight is 211 g/mol. The zero-order chi connectivity index (χ0) is 10.8. The van der Waals surface area contributed by atoms with Gasteiger partial charge in [-0.1, -0.05) is 0 Å². The van der Waals surface area contributed by atoms with E-state index in [9.17, 15) is 9.50 Å². The zero-order valence-electron chi connectivity index (χ0n) is 8.59. The van der Waals surface area contributed by atoms with Gasteiger partial charge in [0.05, 0.1) is 7.11 Å². The van der Waals surface area contributed by atoms with Crippen LogP contribution in [0.25, 0.3) is 0 Å². The number of halogens is 1. The number of rotatable bonds is 2. The van der Waals surface area contributed by atoms with Crippen LogP contribution >= 0.6 is 0 Å². The van der Waals surface area contributed by atoms with E-state index in [1.54, 1.807) is 0 Å². The first-order valence-corrected chi connectivity index (χ1v) is 4.99. The van der Waals surface area contributed by atoms with Crippen molar-refractivity contribution in [1.82, 2.24) is 5.32 Å². The molecule has 1 aromatic carbocycles. The minimum atomic E-state index is -0.419. The minimum Gasteiger partial charge on any atom is -0.508 e. The first kappa shape index (κ1) is 10.2. The fourth-order valence-electron chi connectivity index (χ4n) is 1.96. The van der Waals surface area contributed by atoms with Crippen molar-refractivity contribution in [1.29, 1.82) is 0 Å². The largest absolute Gasteiger partial charge is 0.508 e. The Morgan fingerprint density at radius 1 is 1.53 bits per heavy atom. The van der Waals surface area contributed by atoms with Crippen LogP contribution < -0.4 is 10.1 Å². The van der Waals surface area contributed by atoms with Gasteiger partial charge in [-0.05, 0) is 19.0 Å². The Morgan fingerprint density at radius 3 is 2.93 bits per heavy atom. The van der Waals surface area contributed by atoms with E-state index in [2.05, 4.69) is 5.32 Å². The van der Waals surface area contributed by atoms with Crippen LogP contribution in [0, 0.1) is 5.82 Å². The van der Waals surface area contributed by atoms with Crippen molar-refractivity contribution >= 4 is 0 Å². The van der Waals surface area contributed by atoms with Gasteiger partial charge in [-0.25, -0.2) is 4.39 Å².